The molecule has 0 unspecified atom stereocenters. The van der Waals surface area contributed by atoms with Crippen molar-refractivity contribution in [1.82, 2.24) is 9.97 Å². The summed E-state index contributed by atoms with van der Waals surface area (Å²) in [4.78, 5) is 34.8. The monoisotopic (exact) mass is 670 g/mol. The van der Waals surface area contributed by atoms with E-state index in [2.05, 4.69) is 9.97 Å². The first-order valence-corrected chi connectivity index (χ1v) is 15.0. The SMILES string of the molecule is Cc1cc(C(F)(F)F)c2c(N)c(C(=O)c3ccc(-c4ccc(C(=O)c5sc6nc(C)cc(C(F)(F)F)c6c5N)cc4)cc3)sc2n1. The van der Waals surface area contributed by atoms with E-state index in [4.69, 9.17) is 11.5 Å². The highest BCUT2D eigenvalue weighted by molar-refractivity contribution is 7.21. The van der Waals surface area contributed by atoms with Crippen LogP contribution in [0.3, 0.4) is 0 Å². The fraction of sp³-hybridized carbons (Fsp3) is 0.125. The van der Waals surface area contributed by atoms with Gasteiger partial charge >= 0.3 is 12.4 Å². The first kappa shape index (κ1) is 31.2. The molecule has 6 nitrogen and oxygen atoms in total. The van der Waals surface area contributed by atoms with Crippen LogP contribution in [0.4, 0.5) is 37.7 Å². The molecule has 0 saturated carbocycles. The molecule has 6 aromatic rings. The lowest BCUT2D eigenvalue weighted by molar-refractivity contribution is -0.137. The van der Waals surface area contributed by atoms with Gasteiger partial charge in [-0.2, -0.15) is 26.3 Å². The highest BCUT2D eigenvalue weighted by atomic mass is 32.1. The Balaban J connectivity index is 1.26. The van der Waals surface area contributed by atoms with E-state index in [-0.39, 0.29) is 64.1 Å². The van der Waals surface area contributed by atoms with Crippen LogP contribution in [0.15, 0.2) is 60.7 Å². The molecule has 0 aliphatic rings. The minimum absolute atomic E-state index is 0.0176. The highest BCUT2D eigenvalue weighted by Gasteiger charge is 2.37. The molecule has 0 saturated heterocycles. The van der Waals surface area contributed by atoms with Crippen LogP contribution < -0.4 is 11.5 Å². The Bertz CT molecular complexity index is 2040. The van der Waals surface area contributed by atoms with E-state index < -0.39 is 35.0 Å². The number of rotatable bonds is 5. The van der Waals surface area contributed by atoms with E-state index in [0.717, 1.165) is 34.8 Å². The van der Waals surface area contributed by atoms with E-state index in [1.165, 1.54) is 38.1 Å². The van der Waals surface area contributed by atoms with E-state index in [9.17, 15) is 35.9 Å². The predicted octanol–water partition coefficient (Wildman–Crippen LogP) is 8.85. The molecule has 0 aliphatic carbocycles. The van der Waals surface area contributed by atoms with Crippen molar-refractivity contribution < 1.29 is 35.9 Å². The zero-order valence-corrected chi connectivity index (χ0v) is 25.4. The average Bonchev–Trinajstić information content (AvgIpc) is 3.50. The first-order chi connectivity index (χ1) is 21.5. The summed E-state index contributed by atoms with van der Waals surface area (Å²) in [6.07, 6.45) is -9.36. The third kappa shape index (κ3) is 5.36. The number of anilines is 2. The van der Waals surface area contributed by atoms with Gasteiger partial charge in [-0.05, 0) is 37.1 Å². The number of pyridine rings is 2. The molecule has 0 bridgehead atoms. The van der Waals surface area contributed by atoms with Gasteiger partial charge in [0.1, 0.15) is 19.4 Å². The number of thiophene rings is 2. The number of hydrogen-bond acceptors (Lipinski definition) is 8. The first-order valence-electron chi connectivity index (χ1n) is 13.4. The van der Waals surface area contributed by atoms with E-state index in [1.807, 2.05) is 0 Å². The maximum atomic E-state index is 13.7. The molecular weight excluding hydrogens is 650 g/mol. The topological polar surface area (TPSA) is 112 Å². The van der Waals surface area contributed by atoms with Crippen LogP contribution in [0.5, 0.6) is 0 Å². The van der Waals surface area contributed by atoms with Gasteiger partial charge in [0.15, 0.2) is 0 Å². The average molecular weight is 671 g/mol. The third-order valence-electron chi connectivity index (χ3n) is 7.30. The normalized spacial score (nSPS) is 12.3. The summed E-state index contributed by atoms with van der Waals surface area (Å²) in [7, 11) is 0. The molecule has 6 rings (SSSR count). The van der Waals surface area contributed by atoms with Crippen molar-refractivity contribution in [2.24, 2.45) is 0 Å². The summed E-state index contributed by atoms with van der Waals surface area (Å²) < 4.78 is 82.0. The summed E-state index contributed by atoms with van der Waals surface area (Å²) >= 11 is 1.59. The fourth-order valence-corrected chi connectivity index (χ4v) is 7.42. The van der Waals surface area contributed by atoms with Gasteiger partial charge in [-0.15, -0.1) is 22.7 Å². The van der Waals surface area contributed by atoms with Crippen LogP contribution in [-0.2, 0) is 12.4 Å². The number of fused-ring (bicyclic) bond motifs is 2. The summed E-state index contributed by atoms with van der Waals surface area (Å²) in [5, 5.41) is -0.607. The van der Waals surface area contributed by atoms with Gasteiger partial charge in [0, 0.05) is 33.3 Å². The zero-order valence-electron chi connectivity index (χ0n) is 23.7. The number of carbonyl (C=O) groups excluding carboxylic acids is 2. The number of ketones is 2. The second-order valence-corrected chi connectivity index (χ2v) is 12.5. The number of nitrogens with zero attached hydrogens (tertiary/aromatic N) is 2. The molecule has 0 atom stereocenters. The molecule has 0 spiro atoms. The second kappa shape index (κ2) is 10.9. The number of carbonyl (C=O) groups is 2. The molecule has 0 aliphatic heterocycles. The number of nitrogens with two attached hydrogens (primary N) is 2. The molecule has 46 heavy (non-hydrogen) atoms. The van der Waals surface area contributed by atoms with Crippen LogP contribution in [0.1, 0.15) is 53.0 Å². The molecule has 4 aromatic heterocycles. The molecule has 2 aromatic carbocycles. The number of aryl methyl sites for hydroxylation is 2. The van der Waals surface area contributed by atoms with Gasteiger partial charge in [0.05, 0.1) is 22.5 Å². The Morgan fingerprint density at radius 3 is 1.24 bits per heavy atom. The van der Waals surface area contributed by atoms with E-state index in [1.54, 1.807) is 24.3 Å². The molecule has 0 radical (unpaired) electrons. The van der Waals surface area contributed by atoms with Gasteiger partial charge in [-0.25, -0.2) is 9.97 Å². The third-order valence-corrected chi connectivity index (χ3v) is 9.50. The number of aromatic nitrogens is 2. The van der Waals surface area contributed by atoms with E-state index in [0.29, 0.717) is 11.1 Å². The molecule has 234 valence electrons. The minimum Gasteiger partial charge on any atom is -0.397 e. The largest absolute Gasteiger partial charge is 0.417 e. The number of benzene rings is 2. The summed E-state index contributed by atoms with van der Waals surface area (Å²) in [5.74, 6) is -1.11. The number of alkyl halides is 6. The minimum atomic E-state index is -4.68. The number of nitrogen functional groups attached to an aromatic ring is 2. The Labute approximate surface area is 264 Å². The molecular formula is C32H20F6N4O2S2. The lowest BCUT2D eigenvalue weighted by atomic mass is 9.99. The molecule has 4 heterocycles. The Kier molecular flexibility index (Phi) is 7.40. The van der Waals surface area contributed by atoms with Crippen molar-refractivity contribution in [3.8, 4) is 11.1 Å². The number of halogens is 6. The fourth-order valence-electron chi connectivity index (χ4n) is 5.16. The standard InChI is InChI=1S/C32H20F6N4O2S2/c1-13-11-19(31(33,34)35)21-23(39)27(45-29(21)41-13)25(43)17-7-3-15(4-8-17)16-5-9-18(10-6-16)26(44)28-24(40)22-20(32(36,37)38)12-14(2)42-30(22)46-28/h3-12H,39-40H2,1-2H3. The van der Waals surface area contributed by atoms with Crippen molar-refractivity contribution in [2.45, 2.75) is 26.2 Å². The zero-order chi connectivity index (χ0) is 33.3. The van der Waals surface area contributed by atoms with Crippen LogP contribution in [0.25, 0.3) is 31.6 Å². The molecule has 0 fully saturated rings. The lowest BCUT2D eigenvalue weighted by Gasteiger charge is -2.09. The Morgan fingerprint density at radius 1 is 0.609 bits per heavy atom. The van der Waals surface area contributed by atoms with Gasteiger partial charge < -0.3 is 11.5 Å². The highest BCUT2D eigenvalue weighted by Crippen LogP contribution is 2.44. The van der Waals surface area contributed by atoms with Crippen LogP contribution in [-0.4, -0.2) is 21.5 Å². The molecule has 4 N–H and O–H groups in total. The van der Waals surface area contributed by atoms with Gasteiger partial charge in [-0.1, -0.05) is 48.5 Å². The maximum absolute atomic E-state index is 13.7. The lowest BCUT2D eigenvalue weighted by Crippen LogP contribution is -2.08. The Morgan fingerprint density at radius 2 is 0.935 bits per heavy atom. The van der Waals surface area contributed by atoms with Crippen molar-refractivity contribution in [2.75, 3.05) is 11.5 Å². The second-order valence-electron chi connectivity index (χ2n) is 10.5. The summed E-state index contributed by atoms with van der Waals surface area (Å²) in [5.41, 5.74) is 11.6. The Hall–Kier alpha value is -4.82. The predicted molar refractivity (Wildman–Crippen MR) is 166 cm³/mol. The van der Waals surface area contributed by atoms with Crippen LogP contribution >= 0.6 is 22.7 Å². The maximum Gasteiger partial charge on any atom is 0.417 e. The van der Waals surface area contributed by atoms with Crippen molar-refractivity contribution in [3.63, 3.8) is 0 Å². The van der Waals surface area contributed by atoms with Crippen molar-refractivity contribution in [3.05, 3.63) is 104 Å². The smallest absolute Gasteiger partial charge is 0.397 e. The van der Waals surface area contributed by atoms with Crippen LogP contribution in [0, 0.1) is 13.8 Å². The number of hydrogen-bond donors (Lipinski definition) is 2. The van der Waals surface area contributed by atoms with Crippen molar-refractivity contribution >= 4 is 66.0 Å². The van der Waals surface area contributed by atoms with Crippen molar-refractivity contribution in [1.29, 1.82) is 0 Å². The quantitative estimate of drug-likeness (QED) is 0.140. The van der Waals surface area contributed by atoms with Crippen LogP contribution in [0.2, 0.25) is 0 Å². The molecule has 14 heteroatoms. The summed E-state index contributed by atoms with van der Waals surface area (Å²) in [6, 6.07) is 14.4. The summed E-state index contributed by atoms with van der Waals surface area (Å²) in [6.45, 7) is 2.86. The van der Waals surface area contributed by atoms with Gasteiger partial charge in [0.25, 0.3) is 0 Å². The molecule has 0 amide bonds. The van der Waals surface area contributed by atoms with Gasteiger partial charge in [0.2, 0.25) is 11.6 Å². The van der Waals surface area contributed by atoms with E-state index >= 15 is 0 Å². The van der Waals surface area contributed by atoms with Gasteiger partial charge in [-0.3, -0.25) is 9.59 Å².